The molecule has 1 unspecified atom stereocenters. The number of hydrogen-bond acceptors (Lipinski definition) is 3. The summed E-state index contributed by atoms with van der Waals surface area (Å²) in [4.78, 5) is 5.81. The van der Waals surface area contributed by atoms with Crippen molar-refractivity contribution in [1.82, 2.24) is 9.88 Å². The van der Waals surface area contributed by atoms with E-state index in [9.17, 15) is 5.11 Å². The Morgan fingerprint density at radius 3 is 2.75 bits per heavy atom. The summed E-state index contributed by atoms with van der Waals surface area (Å²) < 4.78 is 5.64. The van der Waals surface area contributed by atoms with E-state index in [2.05, 4.69) is 34.1 Å². The molecule has 1 atom stereocenters. The van der Waals surface area contributed by atoms with Crippen molar-refractivity contribution < 1.29 is 9.84 Å². The second-order valence-corrected chi connectivity index (χ2v) is 6.39. The van der Waals surface area contributed by atoms with Gasteiger partial charge in [-0.1, -0.05) is 36.4 Å². The molecule has 4 nitrogen and oxygen atoms in total. The van der Waals surface area contributed by atoms with Crippen molar-refractivity contribution in [2.24, 2.45) is 0 Å². The summed E-state index contributed by atoms with van der Waals surface area (Å²) in [6.45, 7) is 2.77. The third-order valence-electron chi connectivity index (χ3n) is 4.62. The predicted octanol–water partition coefficient (Wildman–Crippen LogP) is 2.97. The number of ether oxygens (including phenoxy) is 1. The number of nitrogens with one attached hydrogen (secondary N) is 1. The third kappa shape index (κ3) is 3.16. The fourth-order valence-electron chi connectivity index (χ4n) is 3.46. The molecule has 24 heavy (non-hydrogen) atoms. The minimum Gasteiger partial charge on any atom is -0.491 e. The molecule has 124 valence electrons. The van der Waals surface area contributed by atoms with Crippen LogP contribution in [0.1, 0.15) is 11.3 Å². The van der Waals surface area contributed by atoms with E-state index in [1.54, 1.807) is 0 Å². The number of H-pyrrole nitrogens is 1. The third-order valence-corrected chi connectivity index (χ3v) is 4.62. The zero-order valence-electron chi connectivity index (χ0n) is 13.6. The van der Waals surface area contributed by atoms with E-state index >= 15 is 0 Å². The van der Waals surface area contributed by atoms with Crippen molar-refractivity contribution in [3.8, 4) is 5.75 Å². The van der Waals surface area contributed by atoms with Crippen LogP contribution in [0.2, 0.25) is 0 Å². The lowest BCUT2D eigenvalue weighted by molar-refractivity contribution is 0.0634. The molecule has 0 fully saturated rings. The van der Waals surface area contributed by atoms with Crippen LogP contribution in [-0.2, 0) is 13.0 Å². The number of nitrogens with zero attached hydrogens (tertiary/aromatic N) is 1. The molecule has 1 aliphatic heterocycles. The highest BCUT2D eigenvalue weighted by atomic mass is 16.5. The van der Waals surface area contributed by atoms with Gasteiger partial charge in [0.15, 0.2) is 0 Å². The summed E-state index contributed by atoms with van der Waals surface area (Å²) in [7, 11) is 0. The number of para-hydroxylation sites is 2. The molecule has 0 radical (unpaired) electrons. The summed E-state index contributed by atoms with van der Waals surface area (Å²) in [5, 5.41) is 11.6. The molecule has 1 aromatic heterocycles. The molecule has 2 N–H and O–H groups in total. The van der Waals surface area contributed by atoms with Gasteiger partial charge < -0.3 is 14.8 Å². The van der Waals surface area contributed by atoms with Crippen LogP contribution in [-0.4, -0.2) is 40.8 Å². The van der Waals surface area contributed by atoms with Gasteiger partial charge >= 0.3 is 0 Å². The number of β-amino-alcohol motifs (C(OH)–C–C–N with tert-alkyl or cyclic N) is 1. The van der Waals surface area contributed by atoms with Crippen molar-refractivity contribution in [2.45, 2.75) is 19.1 Å². The quantitative estimate of drug-likeness (QED) is 0.759. The molecule has 2 aromatic carbocycles. The van der Waals surface area contributed by atoms with Crippen LogP contribution in [0.5, 0.6) is 5.75 Å². The molecule has 1 aliphatic rings. The van der Waals surface area contributed by atoms with Gasteiger partial charge in [0.2, 0.25) is 0 Å². The molecular formula is C20H22N2O2. The van der Waals surface area contributed by atoms with Crippen LogP contribution in [0.15, 0.2) is 54.6 Å². The van der Waals surface area contributed by atoms with Gasteiger partial charge in [-0.15, -0.1) is 0 Å². The first-order valence-electron chi connectivity index (χ1n) is 8.46. The minimum atomic E-state index is -0.490. The normalized spacial score (nSPS) is 16.0. The maximum Gasteiger partial charge on any atom is 0.119 e. The molecule has 3 aromatic rings. The lowest BCUT2D eigenvalue weighted by Crippen LogP contribution is -2.38. The highest BCUT2D eigenvalue weighted by Crippen LogP contribution is 2.27. The van der Waals surface area contributed by atoms with Gasteiger partial charge in [-0.3, -0.25) is 4.90 Å². The van der Waals surface area contributed by atoms with Gasteiger partial charge in [-0.05, 0) is 30.2 Å². The van der Waals surface area contributed by atoms with Crippen molar-refractivity contribution in [1.29, 1.82) is 0 Å². The SMILES string of the molecule is OC(COc1ccccc1)CN1CCc2c([nH]c3ccccc23)C1. The standard InChI is InChI=1S/C20H22N2O2/c23-15(14-24-16-6-2-1-3-7-16)12-22-11-10-18-17-8-4-5-9-19(17)21-20(18)13-22/h1-9,15,21,23H,10-14H2. The van der Waals surface area contributed by atoms with Crippen molar-refractivity contribution in [3.63, 3.8) is 0 Å². The Kier molecular flexibility index (Phi) is 4.24. The summed E-state index contributed by atoms with van der Waals surface area (Å²) in [6, 6.07) is 18.1. The molecule has 0 aliphatic carbocycles. The number of aliphatic hydroxyl groups excluding tert-OH is 1. The van der Waals surface area contributed by atoms with Gasteiger partial charge in [-0.25, -0.2) is 0 Å². The van der Waals surface area contributed by atoms with Crippen molar-refractivity contribution >= 4 is 10.9 Å². The Balaban J connectivity index is 1.36. The van der Waals surface area contributed by atoms with E-state index in [1.165, 1.54) is 22.2 Å². The van der Waals surface area contributed by atoms with Crippen molar-refractivity contribution in [2.75, 3.05) is 19.7 Å². The topological polar surface area (TPSA) is 48.5 Å². The van der Waals surface area contributed by atoms with E-state index in [1.807, 2.05) is 30.3 Å². The first kappa shape index (κ1) is 15.2. The Bertz CT molecular complexity index is 813. The number of aromatic amines is 1. The largest absolute Gasteiger partial charge is 0.491 e. The highest BCUT2D eigenvalue weighted by Gasteiger charge is 2.22. The summed E-state index contributed by atoms with van der Waals surface area (Å²) in [5.74, 6) is 0.799. The minimum absolute atomic E-state index is 0.320. The van der Waals surface area contributed by atoms with E-state index in [4.69, 9.17) is 4.74 Å². The number of aliphatic hydroxyl groups is 1. The van der Waals surface area contributed by atoms with Gasteiger partial charge in [0, 0.05) is 36.2 Å². The molecular weight excluding hydrogens is 300 g/mol. The highest BCUT2D eigenvalue weighted by molar-refractivity contribution is 5.84. The average molecular weight is 322 g/mol. The van der Waals surface area contributed by atoms with E-state index < -0.39 is 6.10 Å². The molecule has 0 saturated carbocycles. The van der Waals surface area contributed by atoms with Gasteiger partial charge in [0.05, 0.1) is 0 Å². The number of rotatable bonds is 5. The van der Waals surface area contributed by atoms with Crippen LogP contribution < -0.4 is 4.74 Å². The molecule has 4 heteroatoms. The zero-order valence-corrected chi connectivity index (χ0v) is 13.6. The molecule has 0 amide bonds. The fourth-order valence-corrected chi connectivity index (χ4v) is 3.46. The maximum atomic E-state index is 10.3. The second kappa shape index (κ2) is 6.67. The molecule has 0 saturated heterocycles. The summed E-state index contributed by atoms with van der Waals surface area (Å²) >= 11 is 0. The summed E-state index contributed by atoms with van der Waals surface area (Å²) in [6.07, 6.45) is 0.530. The molecule has 4 rings (SSSR count). The Hall–Kier alpha value is -2.30. The van der Waals surface area contributed by atoms with E-state index in [0.717, 1.165) is 25.3 Å². The van der Waals surface area contributed by atoms with Crippen molar-refractivity contribution in [3.05, 3.63) is 65.9 Å². The first-order chi connectivity index (χ1) is 11.8. The number of benzene rings is 2. The Morgan fingerprint density at radius 2 is 1.88 bits per heavy atom. The smallest absolute Gasteiger partial charge is 0.119 e. The van der Waals surface area contributed by atoms with Crippen LogP contribution in [0.3, 0.4) is 0 Å². The average Bonchev–Trinajstić information content (AvgIpc) is 2.98. The Morgan fingerprint density at radius 1 is 1.08 bits per heavy atom. The van der Waals surface area contributed by atoms with E-state index in [0.29, 0.717) is 13.2 Å². The van der Waals surface area contributed by atoms with E-state index in [-0.39, 0.29) is 0 Å². The molecule has 0 bridgehead atoms. The second-order valence-electron chi connectivity index (χ2n) is 6.39. The lowest BCUT2D eigenvalue weighted by atomic mass is 10.0. The van der Waals surface area contributed by atoms with Crippen LogP contribution in [0.25, 0.3) is 10.9 Å². The monoisotopic (exact) mass is 322 g/mol. The number of hydrogen-bond donors (Lipinski definition) is 2. The lowest BCUT2D eigenvalue weighted by Gasteiger charge is -2.28. The fraction of sp³-hybridized carbons (Fsp3) is 0.300. The molecule has 0 spiro atoms. The van der Waals surface area contributed by atoms with Crippen LogP contribution in [0, 0.1) is 0 Å². The van der Waals surface area contributed by atoms with Crippen LogP contribution >= 0.6 is 0 Å². The van der Waals surface area contributed by atoms with Gasteiger partial charge in [0.25, 0.3) is 0 Å². The molecule has 2 heterocycles. The van der Waals surface area contributed by atoms with Gasteiger partial charge in [0.1, 0.15) is 18.5 Å². The number of aromatic nitrogens is 1. The zero-order chi connectivity index (χ0) is 16.4. The Labute approximate surface area is 141 Å². The summed E-state index contributed by atoms with van der Waals surface area (Å²) in [5.41, 5.74) is 3.91. The predicted molar refractivity (Wildman–Crippen MR) is 95.2 cm³/mol. The van der Waals surface area contributed by atoms with Crippen LogP contribution in [0.4, 0.5) is 0 Å². The maximum absolute atomic E-state index is 10.3. The number of fused-ring (bicyclic) bond motifs is 3. The first-order valence-corrected chi connectivity index (χ1v) is 8.46. The van der Waals surface area contributed by atoms with Gasteiger partial charge in [-0.2, -0.15) is 0 Å².